The first-order valence-corrected chi connectivity index (χ1v) is 6.01. The molecule has 5 heteroatoms. The van der Waals surface area contributed by atoms with Crippen molar-refractivity contribution in [3.05, 3.63) is 23.8 Å². The molecule has 0 fully saturated rings. The predicted octanol–water partition coefficient (Wildman–Crippen LogP) is 1.95. The fourth-order valence-electron chi connectivity index (χ4n) is 1.68. The highest BCUT2D eigenvalue weighted by atomic mass is 16.5. The number of ketones is 1. The normalized spacial score (nSPS) is 11.9. The van der Waals surface area contributed by atoms with Gasteiger partial charge in [-0.3, -0.25) is 9.59 Å². The second-order valence-electron chi connectivity index (χ2n) is 4.07. The summed E-state index contributed by atoms with van der Waals surface area (Å²) in [5.74, 6) is -1.03. The van der Waals surface area contributed by atoms with E-state index in [-0.39, 0.29) is 11.5 Å². The van der Waals surface area contributed by atoms with Crippen molar-refractivity contribution in [2.75, 3.05) is 7.11 Å². The molecule has 0 N–H and O–H groups in total. The molecule has 5 nitrogen and oxygen atoms in total. The van der Waals surface area contributed by atoms with Crippen LogP contribution in [-0.4, -0.2) is 28.8 Å². The van der Waals surface area contributed by atoms with Crippen LogP contribution in [0.1, 0.15) is 42.5 Å². The number of rotatable bonds is 6. The minimum absolute atomic E-state index is 0.272. The quantitative estimate of drug-likeness (QED) is 0.438. The van der Waals surface area contributed by atoms with E-state index in [4.69, 9.17) is 0 Å². The molecule has 0 aliphatic rings. The maximum absolute atomic E-state index is 12.2. The molecule has 0 aliphatic carbocycles. The number of hydrogen-bond acceptors (Lipinski definition) is 5. The number of aryl methyl sites for hydroxylation is 1. The molecule has 0 aromatic carbocycles. The lowest BCUT2D eigenvalue weighted by molar-refractivity contribution is -0.143. The van der Waals surface area contributed by atoms with Crippen molar-refractivity contribution in [2.45, 2.75) is 33.1 Å². The molecule has 0 saturated carbocycles. The summed E-state index contributed by atoms with van der Waals surface area (Å²) in [6.07, 6.45) is 3.73. The third-order valence-corrected chi connectivity index (χ3v) is 2.68. The van der Waals surface area contributed by atoms with Gasteiger partial charge >= 0.3 is 5.97 Å². The van der Waals surface area contributed by atoms with Gasteiger partial charge in [-0.15, -0.1) is 0 Å². The Bertz CT molecular complexity index is 432. The lowest BCUT2D eigenvalue weighted by atomic mass is 9.95. The van der Waals surface area contributed by atoms with E-state index >= 15 is 0 Å². The number of unbranched alkanes of at least 4 members (excludes halogenated alkanes) is 1. The average molecular weight is 250 g/mol. The molecule has 1 aromatic rings. The van der Waals surface area contributed by atoms with Crippen molar-refractivity contribution in [1.82, 2.24) is 9.97 Å². The van der Waals surface area contributed by atoms with Gasteiger partial charge in [-0.05, 0) is 19.4 Å². The van der Waals surface area contributed by atoms with Gasteiger partial charge in [0.25, 0.3) is 0 Å². The van der Waals surface area contributed by atoms with Gasteiger partial charge in [0.1, 0.15) is 17.4 Å². The van der Waals surface area contributed by atoms with Crippen LogP contribution in [0, 0.1) is 12.8 Å². The number of esters is 1. The zero-order valence-electron chi connectivity index (χ0n) is 11.0. The number of methoxy groups -OCH3 is 1. The van der Waals surface area contributed by atoms with E-state index in [0.29, 0.717) is 12.2 Å². The van der Waals surface area contributed by atoms with E-state index < -0.39 is 11.9 Å². The van der Waals surface area contributed by atoms with E-state index in [2.05, 4.69) is 14.7 Å². The van der Waals surface area contributed by atoms with E-state index in [9.17, 15) is 9.59 Å². The van der Waals surface area contributed by atoms with E-state index in [1.807, 2.05) is 6.92 Å². The molecule has 18 heavy (non-hydrogen) atoms. The van der Waals surface area contributed by atoms with Gasteiger partial charge in [-0.2, -0.15) is 0 Å². The summed E-state index contributed by atoms with van der Waals surface area (Å²) in [6, 6.07) is 1.53. The zero-order valence-corrected chi connectivity index (χ0v) is 11.0. The summed E-state index contributed by atoms with van der Waals surface area (Å²) in [5, 5.41) is 0. The second kappa shape index (κ2) is 6.83. The maximum atomic E-state index is 12.2. The first kappa shape index (κ1) is 14.3. The topological polar surface area (TPSA) is 69.2 Å². The standard InChI is InChI=1S/C13H18N2O3/c1-4-5-6-10(13(17)18-3)12(16)11-7-8-14-9(2)15-11/h7-8,10H,4-6H2,1-3H3. The third-order valence-electron chi connectivity index (χ3n) is 2.68. The van der Waals surface area contributed by atoms with Gasteiger partial charge in [0, 0.05) is 6.20 Å². The lowest BCUT2D eigenvalue weighted by Crippen LogP contribution is -2.26. The Hall–Kier alpha value is -1.78. The van der Waals surface area contributed by atoms with Crippen molar-refractivity contribution in [2.24, 2.45) is 5.92 Å². The SMILES string of the molecule is CCCCC(C(=O)OC)C(=O)c1ccnc(C)n1. The average Bonchev–Trinajstić information content (AvgIpc) is 2.38. The van der Waals surface area contributed by atoms with Crippen molar-refractivity contribution in [1.29, 1.82) is 0 Å². The van der Waals surface area contributed by atoms with Gasteiger partial charge in [-0.1, -0.05) is 19.8 Å². The maximum Gasteiger partial charge on any atom is 0.316 e. The molecule has 1 aromatic heterocycles. The van der Waals surface area contributed by atoms with Crippen LogP contribution in [0.2, 0.25) is 0 Å². The number of carbonyl (C=O) groups excluding carboxylic acids is 2. The number of ether oxygens (including phenoxy) is 1. The van der Waals surface area contributed by atoms with Crippen molar-refractivity contribution in [3.8, 4) is 0 Å². The highest BCUT2D eigenvalue weighted by Gasteiger charge is 2.28. The first-order chi connectivity index (χ1) is 8.60. The van der Waals surface area contributed by atoms with Crippen LogP contribution in [0.4, 0.5) is 0 Å². The first-order valence-electron chi connectivity index (χ1n) is 6.01. The summed E-state index contributed by atoms with van der Waals surface area (Å²) < 4.78 is 4.68. The summed E-state index contributed by atoms with van der Waals surface area (Å²) in [6.45, 7) is 3.71. The monoisotopic (exact) mass is 250 g/mol. The van der Waals surface area contributed by atoms with Crippen molar-refractivity contribution >= 4 is 11.8 Å². The number of nitrogens with zero attached hydrogens (tertiary/aromatic N) is 2. The molecule has 0 saturated heterocycles. The molecular formula is C13H18N2O3. The molecule has 0 aliphatic heterocycles. The van der Waals surface area contributed by atoms with Crippen molar-refractivity contribution in [3.63, 3.8) is 0 Å². The van der Waals surface area contributed by atoms with Gasteiger partial charge in [0.15, 0.2) is 5.78 Å². The molecule has 1 unspecified atom stereocenters. The van der Waals surface area contributed by atoms with E-state index in [0.717, 1.165) is 12.8 Å². The van der Waals surface area contributed by atoms with Crippen LogP contribution in [-0.2, 0) is 9.53 Å². The molecule has 0 spiro atoms. The van der Waals surface area contributed by atoms with Crippen LogP contribution in [0.15, 0.2) is 12.3 Å². The smallest absolute Gasteiger partial charge is 0.316 e. The van der Waals surface area contributed by atoms with Gasteiger partial charge in [0.05, 0.1) is 7.11 Å². The minimum atomic E-state index is -0.760. The fourth-order valence-corrected chi connectivity index (χ4v) is 1.68. The van der Waals surface area contributed by atoms with Crippen LogP contribution >= 0.6 is 0 Å². The van der Waals surface area contributed by atoms with Gasteiger partial charge in [0.2, 0.25) is 0 Å². The summed E-state index contributed by atoms with van der Waals surface area (Å²) in [4.78, 5) is 31.8. The molecule has 98 valence electrons. The Morgan fingerprint density at radius 2 is 2.17 bits per heavy atom. The van der Waals surface area contributed by atoms with Gasteiger partial charge < -0.3 is 4.74 Å². The predicted molar refractivity (Wildman–Crippen MR) is 66.1 cm³/mol. The highest BCUT2D eigenvalue weighted by molar-refractivity contribution is 6.07. The van der Waals surface area contributed by atoms with E-state index in [1.165, 1.54) is 19.4 Å². The van der Waals surface area contributed by atoms with Crippen molar-refractivity contribution < 1.29 is 14.3 Å². The minimum Gasteiger partial charge on any atom is -0.468 e. The second-order valence-corrected chi connectivity index (χ2v) is 4.07. The molecule has 0 amide bonds. The van der Waals surface area contributed by atoms with Crippen LogP contribution in [0.5, 0.6) is 0 Å². The summed E-state index contributed by atoms with van der Waals surface area (Å²) in [5.41, 5.74) is 0.272. The molecule has 1 atom stereocenters. The largest absolute Gasteiger partial charge is 0.468 e. The summed E-state index contributed by atoms with van der Waals surface area (Å²) >= 11 is 0. The Morgan fingerprint density at radius 1 is 1.44 bits per heavy atom. The fraction of sp³-hybridized carbons (Fsp3) is 0.538. The Balaban J connectivity index is 2.91. The molecule has 1 rings (SSSR count). The zero-order chi connectivity index (χ0) is 13.5. The Morgan fingerprint density at radius 3 is 2.72 bits per heavy atom. The summed E-state index contributed by atoms with van der Waals surface area (Å²) in [7, 11) is 1.29. The molecule has 1 heterocycles. The van der Waals surface area contributed by atoms with Gasteiger partial charge in [-0.25, -0.2) is 9.97 Å². The van der Waals surface area contributed by atoms with Crippen LogP contribution in [0.25, 0.3) is 0 Å². The van der Waals surface area contributed by atoms with Crippen LogP contribution < -0.4 is 0 Å². The lowest BCUT2D eigenvalue weighted by Gasteiger charge is -2.12. The highest BCUT2D eigenvalue weighted by Crippen LogP contribution is 2.16. The number of Topliss-reactive ketones (excluding diaryl/α,β-unsaturated/α-hetero) is 1. The number of aromatic nitrogens is 2. The third kappa shape index (κ3) is 3.61. The molecule has 0 radical (unpaired) electrons. The molecule has 0 bridgehead atoms. The van der Waals surface area contributed by atoms with Crippen LogP contribution in [0.3, 0.4) is 0 Å². The van der Waals surface area contributed by atoms with E-state index in [1.54, 1.807) is 6.92 Å². The Kier molecular flexibility index (Phi) is 5.42. The number of carbonyl (C=O) groups is 2. The molecular weight excluding hydrogens is 232 g/mol. The number of hydrogen-bond donors (Lipinski definition) is 0. The Labute approximate surface area is 107 Å².